The molecule has 2 aliphatic rings. The fourth-order valence-electron chi connectivity index (χ4n) is 3.69. The molecule has 2 unspecified atom stereocenters. The number of nitrogens with one attached hydrogen (secondary N) is 2. The van der Waals surface area contributed by atoms with Gasteiger partial charge >= 0.3 is 0 Å². The van der Waals surface area contributed by atoms with Crippen molar-refractivity contribution in [3.05, 3.63) is 59.5 Å². The first-order chi connectivity index (χ1) is 13.1. The smallest absolute Gasteiger partial charge is 0.290 e. The van der Waals surface area contributed by atoms with E-state index >= 15 is 0 Å². The maximum Gasteiger partial charge on any atom is 0.290 e. The monoisotopic (exact) mass is 367 g/mol. The number of amides is 3. The van der Waals surface area contributed by atoms with Crippen LogP contribution in [0.2, 0.25) is 0 Å². The Morgan fingerprint density at radius 1 is 1.15 bits per heavy atom. The fourth-order valence-corrected chi connectivity index (χ4v) is 3.69. The van der Waals surface area contributed by atoms with Crippen molar-refractivity contribution in [3.63, 3.8) is 0 Å². The number of carbonyl (C=O) groups excluding carboxylic acids is 3. The molecule has 4 rings (SSSR count). The van der Waals surface area contributed by atoms with Gasteiger partial charge < -0.3 is 20.0 Å². The standard InChI is InChI=1S/C20H21N3O4/c24-18-15(7-3-9-21-18)22-19(25)16-11-13-5-1-2-6-14(13)12-23(16)20(26)17-8-4-10-27-17/h1-2,4-6,8,10,15-16H,3,7,9,11-12H2,(H,21,24)(H,22,25). The molecule has 27 heavy (non-hydrogen) atoms. The van der Waals surface area contributed by atoms with Gasteiger partial charge in [0, 0.05) is 19.5 Å². The lowest BCUT2D eigenvalue weighted by Gasteiger charge is -2.36. The van der Waals surface area contributed by atoms with Crippen molar-refractivity contribution in [1.29, 1.82) is 0 Å². The number of fused-ring (bicyclic) bond motifs is 1. The minimum absolute atomic E-state index is 0.172. The molecule has 0 bridgehead atoms. The average Bonchev–Trinajstić information content (AvgIpc) is 3.23. The Hall–Kier alpha value is -3.09. The lowest BCUT2D eigenvalue weighted by molar-refractivity contribution is -0.132. The molecule has 2 aliphatic heterocycles. The Balaban J connectivity index is 1.59. The number of hydrogen-bond donors (Lipinski definition) is 2. The van der Waals surface area contributed by atoms with E-state index in [2.05, 4.69) is 10.6 Å². The van der Waals surface area contributed by atoms with Crippen molar-refractivity contribution in [2.24, 2.45) is 0 Å². The van der Waals surface area contributed by atoms with Crippen LogP contribution < -0.4 is 10.6 Å². The van der Waals surface area contributed by atoms with E-state index in [1.165, 1.54) is 11.2 Å². The van der Waals surface area contributed by atoms with Gasteiger partial charge in [-0.2, -0.15) is 0 Å². The molecule has 7 nitrogen and oxygen atoms in total. The van der Waals surface area contributed by atoms with Crippen LogP contribution in [-0.2, 0) is 22.6 Å². The zero-order chi connectivity index (χ0) is 18.8. The van der Waals surface area contributed by atoms with E-state index in [0.717, 1.165) is 17.5 Å². The summed E-state index contributed by atoms with van der Waals surface area (Å²) in [4.78, 5) is 39.4. The molecular weight excluding hydrogens is 346 g/mol. The molecule has 1 saturated heterocycles. The summed E-state index contributed by atoms with van der Waals surface area (Å²) in [7, 11) is 0. The van der Waals surface area contributed by atoms with Crippen LogP contribution in [0.25, 0.3) is 0 Å². The normalized spacial score (nSPS) is 21.9. The van der Waals surface area contributed by atoms with Crippen molar-refractivity contribution >= 4 is 17.7 Å². The average molecular weight is 367 g/mol. The molecule has 1 fully saturated rings. The zero-order valence-electron chi connectivity index (χ0n) is 14.8. The largest absolute Gasteiger partial charge is 0.459 e. The Bertz CT molecular complexity index is 862. The first-order valence-electron chi connectivity index (χ1n) is 9.13. The van der Waals surface area contributed by atoms with Gasteiger partial charge in [-0.1, -0.05) is 24.3 Å². The minimum atomic E-state index is -0.688. The third-order valence-electron chi connectivity index (χ3n) is 5.15. The number of furan rings is 1. The Morgan fingerprint density at radius 3 is 2.70 bits per heavy atom. The molecular formula is C20H21N3O4. The SMILES string of the molecule is O=C1NCCCC1NC(=O)C1Cc2ccccc2CN1C(=O)c1ccco1. The first-order valence-corrected chi connectivity index (χ1v) is 9.13. The number of hydrogen-bond acceptors (Lipinski definition) is 4. The van der Waals surface area contributed by atoms with Crippen LogP contribution in [-0.4, -0.2) is 41.2 Å². The van der Waals surface area contributed by atoms with Crippen LogP contribution in [0.5, 0.6) is 0 Å². The highest BCUT2D eigenvalue weighted by Gasteiger charge is 2.37. The number of carbonyl (C=O) groups is 3. The number of rotatable bonds is 3. The molecule has 3 amide bonds. The topological polar surface area (TPSA) is 91.7 Å². The summed E-state index contributed by atoms with van der Waals surface area (Å²) in [6, 6.07) is 9.76. The van der Waals surface area contributed by atoms with Gasteiger partial charge in [-0.15, -0.1) is 0 Å². The van der Waals surface area contributed by atoms with Crippen molar-refractivity contribution in [2.45, 2.75) is 37.9 Å². The third kappa shape index (κ3) is 3.45. The summed E-state index contributed by atoms with van der Waals surface area (Å²) in [5, 5.41) is 5.59. The third-order valence-corrected chi connectivity index (χ3v) is 5.15. The lowest BCUT2D eigenvalue weighted by Crippen LogP contribution is -2.57. The molecule has 2 aromatic rings. The minimum Gasteiger partial charge on any atom is -0.459 e. The Labute approximate surface area is 156 Å². The lowest BCUT2D eigenvalue weighted by atomic mass is 9.92. The molecule has 1 aromatic carbocycles. The van der Waals surface area contributed by atoms with Gasteiger partial charge in [0.25, 0.3) is 5.91 Å². The molecule has 0 aliphatic carbocycles. The van der Waals surface area contributed by atoms with Crippen molar-refractivity contribution in [1.82, 2.24) is 15.5 Å². The predicted molar refractivity (Wildman–Crippen MR) is 96.7 cm³/mol. The molecule has 1 aromatic heterocycles. The molecule has 0 radical (unpaired) electrons. The van der Waals surface area contributed by atoms with Gasteiger partial charge in [-0.3, -0.25) is 14.4 Å². The van der Waals surface area contributed by atoms with Crippen LogP contribution in [0, 0.1) is 0 Å². The van der Waals surface area contributed by atoms with Crippen LogP contribution in [0.1, 0.15) is 34.5 Å². The highest BCUT2D eigenvalue weighted by Crippen LogP contribution is 2.25. The van der Waals surface area contributed by atoms with Crippen LogP contribution >= 0.6 is 0 Å². The second-order valence-electron chi connectivity index (χ2n) is 6.89. The van der Waals surface area contributed by atoms with E-state index in [1.54, 1.807) is 12.1 Å². The summed E-state index contributed by atoms with van der Waals surface area (Å²) < 4.78 is 5.24. The Kier molecular flexibility index (Phi) is 4.66. The van der Waals surface area contributed by atoms with Gasteiger partial charge in [0.2, 0.25) is 11.8 Å². The van der Waals surface area contributed by atoms with E-state index in [0.29, 0.717) is 25.9 Å². The van der Waals surface area contributed by atoms with E-state index in [9.17, 15) is 14.4 Å². The van der Waals surface area contributed by atoms with E-state index in [1.807, 2.05) is 24.3 Å². The summed E-state index contributed by atoms with van der Waals surface area (Å²) in [5.74, 6) is -0.619. The number of piperidine rings is 1. The maximum absolute atomic E-state index is 13.0. The first kappa shape index (κ1) is 17.3. The molecule has 2 atom stereocenters. The Morgan fingerprint density at radius 2 is 1.96 bits per heavy atom. The quantitative estimate of drug-likeness (QED) is 0.854. The highest BCUT2D eigenvalue weighted by atomic mass is 16.3. The highest BCUT2D eigenvalue weighted by molar-refractivity contribution is 5.97. The zero-order valence-corrected chi connectivity index (χ0v) is 14.8. The number of benzene rings is 1. The predicted octanol–water partition coefficient (Wildman–Crippen LogP) is 1.24. The van der Waals surface area contributed by atoms with Gasteiger partial charge in [-0.05, 0) is 36.1 Å². The second kappa shape index (κ2) is 7.26. The molecule has 3 heterocycles. The molecule has 2 N–H and O–H groups in total. The van der Waals surface area contributed by atoms with Crippen LogP contribution in [0.4, 0.5) is 0 Å². The summed E-state index contributed by atoms with van der Waals surface area (Å²) in [5.41, 5.74) is 2.05. The summed E-state index contributed by atoms with van der Waals surface area (Å²) in [6.07, 6.45) is 3.27. The van der Waals surface area contributed by atoms with Gasteiger partial charge in [0.15, 0.2) is 5.76 Å². The van der Waals surface area contributed by atoms with Crippen LogP contribution in [0.3, 0.4) is 0 Å². The molecule has 7 heteroatoms. The maximum atomic E-state index is 13.0. The molecule has 0 spiro atoms. The summed E-state index contributed by atoms with van der Waals surface area (Å²) in [6.45, 7) is 0.954. The molecule has 0 saturated carbocycles. The van der Waals surface area contributed by atoms with E-state index in [-0.39, 0.29) is 23.5 Å². The van der Waals surface area contributed by atoms with Gasteiger partial charge in [0.1, 0.15) is 12.1 Å². The van der Waals surface area contributed by atoms with Gasteiger partial charge in [-0.25, -0.2) is 0 Å². The van der Waals surface area contributed by atoms with Gasteiger partial charge in [0.05, 0.1) is 6.26 Å². The van der Waals surface area contributed by atoms with Crippen LogP contribution in [0.15, 0.2) is 47.1 Å². The number of nitrogens with zero attached hydrogens (tertiary/aromatic N) is 1. The van der Waals surface area contributed by atoms with Crippen molar-refractivity contribution in [2.75, 3.05) is 6.54 Å². The fraction of sp³-hybridized carbons (Fsp3) is 0.350. The molecule has 140 valence electrons. The second-order valence-corrected chi connectivity index (χ2v) is 6.89. The van der Waals surface area contributed by atoms with E-state index in [4.69, 9.17) is 4.42 Å². The summed E-state index contributed by atoms with van der Waals surface area (Å²) >= 11 is 0. The van der Waals surface area contributed by atoms with Crippen molar-refractivity contribution in [3.8, 4) is 0 Å². The van der Waals surface area contributed by atoms with E-state index < -0.39 is 12.1 Å². The van der Waals surface area contributed by atoms with Crippen molar-refractivity contribution < 1.29 is 18.8 Å².